The number of benzene rings is 1. The smallest absolute Gasteiger partial charge is 0.342 e. The van der Waals surface area contributed by atoms with Crippen LogP contribution in [0.1, 0.15) is 15.9 Å². The van der Waals surface area contributed by atoms with Crippen LogP contribution in [0.5, 0.6) is 5.75 Å². The van der Waals surface area contributed by atoms with Crippen molar-refractivity contribution in [2.24, 2.45) is 0 Å². The van der Waals surface area contributed by atoms with Gasteiger partial charge in [-0.05, 0) is 18.6 Å². The molecule has 0 aliphatic rings. The highest BCUT2D eigenvalue weighted by Crippen LogP contribution is 2.22. The number of aliphatic hydroxyl groups excluding tert-OH is 3. The molecule has 1 rings (SSSR count). The summed E-state index contributed by atoms with van der Waals surface area (Å²) >= 11 is 0. The molecular weight excluding hydrogens is 268 g/mol. The monoisotopic (exact) mass is 284 g/mol. The molecule has 0 bridgehead atoms. The number of esters is 1. The van der Waals surface area contributed by atoms with E-state index in [1.807, 2.05) is 0 Å². The number of aldehydes is 1. The van der Waals surface area contributed by atoms with Crippen LogP contribution in [-0.2, 0) is 9.53 Å². The second-order valence-electron chi connectivity index (χ2n) is 4.22. The molecule has 7 heteroatoms. The quantitative estimate of drug-likeness (QED) is 0.395. The van der Waals surface area contributed by atoms with E-state index >= 15 is 0 Å². The third-order valence-corrected chi connectivity index (χ3v) is 2.75. The third kappa shape index (κ3) is 3.53. The Kier molecular flexibility index (Phi) is 5.63. The minimum Gasteiger partial charge on any atom is -0.507 e. The maximum absolute atomic E-state index is 11.8. The first-order valence-electron chi connectivity index (χ1n) is 5.84. The van der Waals surface area contributed by atoms with E-state index in [-0.39, 0.29) is 17.6 Å². The summed E-state index contributed by atoms with van der Waals surface area (Å²) in [6.07, 6.45) is -4.89. The molecule has 0 unspecified atom stereocenters. The molecule has 0 saturated heterocycles. The summed E-state index contributed by atoms with van der Waals surface area (Å²) in [6, 6.07) is 4.38. The van der Waals surface area contributed by atoms with Crippen molar-refractivity contribution in [1.29, 1.82) is 0 Å². The van der Waals surface area contributed by atoms with Crippen molar-refractivity contribution in [2.75, 3.05) is 6.61 Å². The van der Waals surface area contributed by atoms with Gasteiger partial charge in [-0.3, -0.25) is 4.79 Å². The molecule has 0 spiro atoms. The molecule has 0 amide bonds. The molecule has 0 heterocycles. The molecule has 0 radical (unpaired) electrons. The van der Waals surface area contributed by atoms with Gasteiger partial charge in [-0.25, -0.2) is 4.79 Å². The summed E-state index contributed by atoms with van der Waals surface area (Å²) < 4.78 is 4.72. The summed E-state index contributed by atoms with van der Waals surface area (Å²) in [5, 5.41) is 37.1. The third-order valence-electron chi connectivity index (χ3n) is 2.75. The Morgan fingerprint density at radius 2 is 2.05 bits per heavy atom. The Labute approximate surface area is 115 Å². The maximum Gasteiger partial charge on any atom is 0.342 e. The number of aromatic hydroxyl groups is 1. The van der Waals surface area contributed by atoms with Crippen molar-refractivity contribution in [3.05, 3.63) is 29.3 Å². The normalized spacial score (nSPS) is 15.2. The van der Waals surface area contributed by atoms with Gasteiger partial charge in [0.2, 0.25) is 0 Å². The zero-order chi connectivity index (χ0) is 15.3. The van der Waals surface area contributed by atoms with Gasteiger partial charge in [-0.2, -0.15) is 0 Å². The second kappa shape index (κ2) is 6.99. The lowest BCUT2D eigenvalue weighted by molar-refractivity contribution is -0.129. The van der Waals surface area contributed by atoms with E-state index in [0.717, 1.165) is 0 Å². The fraction of sp³-hybridized carbons (Fsp3) is 0.385. The Morgan fingerprint density at radius 3 is 2.60 bits per heavy atom. The first kappa shape index (κ1) is 16.1. The van der Waals surface area contributed by atoms with Gasteiger partial charge >= 0.3 is 5.97 Å². The van der Waals surface area contributed by atoms with Crippen molar-refractivity contribution in [3.8, 4) is 5.75 Å². The Bertz CT molecular complexity index is 486. The predicted molar refractivity (Wildman–Crippen MR) is 67.2 cm³/mol. The maximum atomic E-state index is 11.8. The number of hydrogen-bond acceptors (Lipinski definition) is 7. The van der Waals surface area contributed by atoms with Gasteiger partial charge in [0, 0.05) is 0 Å². The SMILES string of the molecule is Cc1cccc(C(=O)O[C@H](C=O)[C@H](O)[C@H](O)CO)c1O. The molecular formula is C13H16O7. The topological polar surface area (TPSA) is 124 Å². The average Bonchev–Trinajstić information content (AvgIpc) is 2.45. The Balaban J connectivity index is 2.87. The van der Waals surface area contributed by atoms with Crippen molar-refractivity contribution >= 4 is 12.3 Å². The van der Waals surface area contributed by atoms with Crippen LogP contribution >= 0.6 is 0 Å². The largest absolute Gasteiger partial charge is 0.507 e. The van der Waals surface area contributed by atoms with Crippen molar-refractivity contribution in [2.45, 2.75) is 25.2 Å². The molecule has 0 fully saturated rings. The number of hydrogen-bond donors (Lipinski definition) is 4. The molecule has 7 nitrogen and oxygen atoms in total. The molecule has 0 aliphatic carbocycles. The van der Waals surface area contributed by atoms with Gasteiger partial charge in [0.05, 0.1) is 6.61 Å². The van der Waals surface area contributed by atoms with Crippen LogP contribution in [0.25, 0.3) is 0 Å². The van der Waals surface area contributed by atoms with E-state index in [4.69, 9.17) is 9.84 Å². The number of rotatable bonds is 6. The van der Waals surface area contributed by atoms with Crippen LogP contribution < -0.4 is 0 Å². The summed E-state index contributed by atoms with van der Waals surface area (Å²) in [4.78, 5) is 22.6. The number of aliphatic hydroxyl groups is 3. The van der Waals surface area contributed by atoms with E-state index in [2.05, 4.69) is 0 Å². The zero-order valence-corrected chi connectivity index (χ0v) is 10.8. The number of phenols is 1. The van der Waals surface area contributed by atoms with Gasteiger partial charge < -0.3 is 25.2 Å². The number of carbonyl (C=O) groups excluding carboxylic acids is 2. The number of para-hydroxylation sites is 1. The van der Waals surface area contributed by atoms with Crippen LogP contribution in [0.3, 0.4) is 0 Å². The fourth-order valence-corrected chi connectivity index (χ4v) is 1.52. The standard InChI is InChI=1S/C13H16O7/c1-7-3-2-4-8(11(7)17)13(19)20-10(6-15)12(18)9(16)5-14/h2-4,6,9-10,12,14,16-18H,5H2,1H3/t9-,10-,12-/m1/s1. The lowest BCUT2D eigenvalue weighted by Crippen LogP contribution is -2.43. The van der Waals surface area contributed by atoms with E-state index in [1.54, 1.807) is 13.0 Å². The highest BCUT2D eigenvalue weighted by Gasteiger charge is 2.30. The highest BCUT2D eigenvalue weighted by molar-refractivity contribution is 5.93. The van der Waals surface area contributed by atoms with E-state index < -0.39 is 30.9 Å². The van der Waals surface area contributed by atoms with Crippen LogP contribution in [0, 0.1) is 6.92 Å². The number of carbonyl (C=O) groups is 2. The van der Waals surface area contributed by atoms with Crippen molar-refractivity contribution < 1.29 is 34.8 Å². The first-order chi connectivity index (χ1) is 9.42. The molecule has 0 saturated carbocycles. The minimum absolute atomic E-state index is 0.133. The van der Waals surface area contributed by atoms with Crippen LogP contribution in [0.4, 0.5) is 0 Å². The Hall–Kier alpha value is -1.96. The van der Waals surface area contributed by atoms with E-state index in [1.165, 1.54) is 12.1 Å². The van der Waals surface area contributed by atoms with E-state index in [9.17, 15) is 24.9 Å². The summed E-state index contributed by atoms with van der Waals surface area (Å²) in [6.45, 7) is 0.784. The highest BCUT2D eigenvalue weighted by atomic mass is 16.6. The summed E-state index contributed by atoms with van der Waals surface area (Å²) in [7, 11) is 0. The van der Waals surface area contributed by atoms with Gasteiger partial charge in [0.25, 0.3) is 0 Å². The van der Waals surface area contributed by atoms with E-state index in [0.29, 0.717) is 5.56 Å². The minimum atomic E-state index is -1.76. The Morgan fingerprint density at radius 1 is 1.40 bits per heavy atom. The molecule has 110 valence electrons. The predicted octanol–water partition coefficient (Wildman–Crippen LogP) is -0.861. The van der Waals surface area contributed by atoms with Crippen molar-refractivity contribution in [3.63, 3.8) is 0 Å². The number of aryl methyl sites for hydroxylation is 1. The second-order valence-corrected chi connectivity index (χ2v) is 4.22. The van der Waals surface area contributed by atoms with Crippen molar-refractivity contribution in [1.82, 2.24) is 0 Å². The molecule has 0 aromatic heterocycles. The number of ether oxygens (including phenoxy) is 1. The van der Waals surface area contributed by atoms with Gasteiger partial charge in [-0.15, -0.1) is 0 Å². The molecule has 4 N–H and O–H groups in total. The van der Waals surface area contributed by atoms with Gasteiger partial charge in [0.15, 0.2) is 12.4 Å². The molecule has 1 aromatic carbocycles. The summed E-state index contributed by atoms with van der Waals surface area (Å²) in [5.41, 5.74) is 0.278. The lowest BCUT2D eigenvalue weighted by atomic mass is 10.1. The van der Waals surface area contributed by atoms with Gasteiger partial charge in [-0.1, -0.05) is 12.1 Å². The lowest BCUT2D eigenvalue weighted by Gasteiger charge is -2.21. The molecule has 3 atom stereocenters. The van der Waals surface area contributed by atoms with Crippen LogP contribution in [0.2, 0.25) is 0 Å². The van der Waals surface area contributed by atoms with Crippen LogP contribution in [0.15, 0.2) is 18.2 Å². The van der Waals surface area contributed by atoms with Gasteiger partial charge in [0.1, 0.15) is 23.5 Å². The molecule has 0 aliphatic heterocycles. The summed E-state index contributed by atoms with van der Waals surface area (Å²) in [5.74, 6) is -1.31. The zero-order valence-electron chi connectivity index (χ0n) is 10.8. The molecule has 1 aromatic rings. The average molecular weight is 284 g/mol. The van der Waals surface area contributed by atoms with Crippen LogP contribution in [-0.4, -0.2) is 57.6 Å². The first-order valence-corrected chi connectivity index (χ1v) is 5.84. The molecule has 20 heavy (non-hydrogen) atoms. The number of phenolic OH excluding ortho intramolecular Hbond substituents is 1. The fourth-order valence-electron chi connectivity index (χ4n) is 1.52.